The molecule has 8 heteroatoms. The molecule has 0 bridgehead atoms. The van der Waals surface area contributed by atoms with Gasteiger partial charge in [-0.15, -0.1) is 0 Å². The first-order valence-corrected chi connectivity index (χ1v) is 9.15. The van der Waals surface area contributed by atoms with Crippen molar-refractivity contribution in [2.45, 2.75) is 13.0 Å². The number of carbonyl (C=O) groups is 1. The fraction of sp³-hybridized carbons (Fsp3) is 0.250. The van der Waals surface area contributed by atoms with Crippen molar-refractivity contribution in [3.05, 3.63) is 65.2 Å². The minimum Gasteiger partial charge on any atom is -0.352 e. The Labute approximate surface area is 140 Å². The lowest BCUT2D eigenvalue weighted by molar-refractivity contribution is 0.0954. The number of amides is 1. The maximum absolute atomic E-state index is 13.1. The summed E-state index contributed by atoms with van der Waals surface area (Å²) < 4.78 is 37.5. The molecule has 0 saturated heterocycles. The Morgan fingerprint density at radius 1 is 1.25 bits per heavy atom. The first kappa shape index (κ1) is 18.0. The summed E-state index contributed by atoms with van der Waals surface area (Å²) in [6, 6.07) is 9.27. The predicted molar refractivity (Wildman–Crippen MR) is 88.4 cm³/mol. The maximum Gasteiger partial charge on any atom is 0.251 e. The Bertz CT molecular complexity index is 825. The molecular weight excluding hydrogens is 333 g/mol. The summed E-state index contributed by atoms with van der Waals surface area (Å²) in [5, 5.41) is 2.74. The number of hydrogen-bond acceptors (Lipinski definition) is 4. The molecule has 6 nitrogen and oxygen atoms in total. The Morgan fingerprint density at radius 2 is 2.04 bits per heavy atom. The van der Waals surface area contributed by atoms with Gasteiger partial charge in [0.25, 0.3) is 5.91 Å². The van der Waals surface area contributed by atoms with E-state index in [2.05, 4.69) is 15.0 Å². The molecular formula is C16H18FN3O3S. The van der Waals surface area contributed by atoms with Gasteiger partial charge in [-0.2, -0.15) is 0 Å². The summed E-state index contributed by atoms with van der Waals surface area (Å²) in [4.78, 5) is 16.1. The van der Waals surface area contributed by atoms with Crippen LogP contribution < -0.4 is 10.0 Å². The van der Waals surface area contributed by atoms with Gasteiger partial charge in [-0.25, -0.2) is 17.5 Å². The van der Waals surface area contributed by atoms with Crippen LogP contribution in [0, 0.1) is 5.82 Å². The molecule has 1 aromatic carbocycles. The number of halogens is 1. The Balaban J connectivity index is 1.90. The van der Waals surface area contributed by atoms with Crippen molar-refractivity contribution in [1.29, 1.82) is 0 Å². The van der Waals surface area contributed by atoms with Crippen LogP contribution in [0.4, 0.5) is 4.39 Å². The third-order valence-electron chi connectivity index (χ3n) is 3.18. The highest BCUT2D eigenvalue weighted by molar-refractivity contribution is 7.88. The minimum atomic E-state index is -3.32. The van der Waals surface area contributed by atoms with Crippen LogP contribution in [-0.4, -0.2) is 32.1 Å². The van der Waals surface area contributed by atoms with Crippen molar-refractivity contribution in [3.8, 4) is 0 Å². The smallest absolute Gasteiger partial charge is 0.251 e. The highest BCUT2D eigenvalue weighted by Crippen LogP contribution is 2.05. The number of benzene rings is 1. The first-order chi connectivity index (χ1) is 11.3. The van der Waals surface area contributed by atoms with Gasteiger partial charge in [-0.3, -0.25) is 9.78 Å². The van der Waals surface area contributed by atoms with E-state index in [0.717, 1.165) is 11.8 Å². The van der Waals surface area contributed by atoms with E-state index in [1.54, 1.807) is 18.2 Å². The fourth-order valence-electron chi connectivity index (χ4n) is 2.04. The number of nitrogens with zero attached hydrogens (tertiary/aromatic N) is 1. The molecule has 2 rings (SSSR count). The first-order valence-electron chi connectivity index (χ1n) is 7.26. The summed E-state index contributed by atoms with van der Waals surface area (Å²) in [7, 11) is -3.32. The van der Waals surface area contributed by atoms with Gasteiger partial charge in [-0.05, 0) is 36.2 Å². The summed E-state index contributed by atoms with van der Waals surface area (Å²) in [5.41, 5.74) is 1.62. The molecule has 0 saturated carbocycles. The fourth-order valence-corrected chi connectivity index (χ4v) is 2.45. The second-order valence-corrected chi connectivity index (χ2v) is 7.10. The lowest BCUT2D eigenvalue weighted by Crippen LogP contribution is -2.26. The van der Waals surface area contributed by atoms with Gasteiger partial charge < -0.3 is 5.32 Å². The van der Waals surface area contributed by atoms with Gasteiger partial charge in [-0.1, -0.05) is 12.1 Å². The second kappa shape index (κ2) is 7.98. The molecule has 0 radical (unpaired) electrons. The highest BCUT2D eigenvalue weighted by Gasteiger charge is 2.08. The number of sulfonamides is 1. The molecule has 2 N–H and O–H groups in total. The normalized spacial score (nSPS) is 11.2. The number of aromatic nitrogens is 1. The van der Waals surface area contributed by atoms with Crippen molar-refractivity contribution in [2.75, 3.05) is 12.8 Å². The van der Waals surface area contributed by atoms with Crippen LogP contribution in [0.1, 0.15) is 21.6 Å². The number of rotatable bonds is 7. The zero-order chi connectivity index (χ0) is 17.6. The molecule has 1 amide bonds. The molecule has 0 aliphatic rings. The van der Waals surface area contributed by atoms with E-state index in [0.29, 0.717) is 24.2 Å². The summed E-state index contributed by atoms with van der Waals surface area (Å²) >= 11 is 0. The van der Waals surface area contributed by atoms with E-state index in [4.69, 9.17) is 0 Å². The van der Waals surface area contributed by atoms with Crippen LogP contribution in [0.25, 0.3) is 0 Å². The third kappa shape index (κ3) is 6.05. The number of nitrogens with one attached hydrogen (secondary N) is 2. The zero-order valence-electron chi connectivity index (χ0n) is 13.1. The van der Waals surface area contributed by atoms with E-state index >= 15 is 0 Å². The molecule has 128 valence electrons. The predicted octanol–water partition coefficient (Wildman–Crippen LogP) is 1.24. The number of hydrogen-bond donors (Lipinski definition) is 2. The monoisotopic (exact) mass is 351 g/mol. The average molecular weight is 351 g/mol. The second-order valence-electron chi connectivity index (χ2n) is 5.26. The summed E-state index contributed by atoms with van der Waals surface area (Å²) in [5.74, 6) is -0.606. The maximum atomic E-state index is 13.1. The van der Waals surface area contributed by atoms with E-state index in [1.807, 2.05) is 0 Å². The standard InChI is InChI=1S/C16H18FN3O3S/c1-24(22,23)20-11-15-10-13(6-8-18-15)16(21)19-7-5-12-3-2-4-14(17)9-12/h2-4,6,8-10,20H,5,7,11H2,1H3,(H,19,21). The lowest BCUT2D eigenvalue weighted by Gasteiger charge is -2.07. The van der Waals surface area contributed by atoms with E-state index in [-0.39, 0.29) is 18.3 Å². The van der Waals surface area contributed by atoms with Crippen LogP contribution in [-0.2, 0) is 23.0 Å². The van der Waals surface area contributed by atoms with E-state index in [1.165, 1.54) is 24.4 Å². The van der Waals surface area contributed by atoms with Crippen molar-refractivity contribution in [2.24, 2.45) is 0 Å². The Morgan fingerprint density at radius 3 is 2.75 bits per heavy atom. The summed E-state index contributed by atoms with van der Waals surface area (Å²) in [6.07, 6.45) is 3.01. The van der Waals surface area contributed by atoms with Gasteiger partial charge in [0.2, 0.25) is 10.0 Å². The van der Waals surface area contributed by atoms with Crippen molar-refractivity contribution in [3.63, 3.8) is 0 Å². The molecule has 1 heterocycles. The highest BCUT2D eigenvalue weighted by atomic mass is 32.2. The van der Waals surface area contributed by atoms with Gasteiger partial charge in [0, 0.05) is 18.3 Å². The molecule has 0 spiro atoms. The van der Waals surface area contributed by atoms with Crippen LogP contribution in [0.5, 0.6) is 0 Å². The molecule has 1 aromatic heterocycles. The van der Waals surface area contributed by atoms with Crippen LogP contribution in [0.2, 0.25) is 0 Å². The Hall–Kier alpha value is -2.32. The molecule has 0 atom stereocenters. The topological polar surface area (TPSA) is 88.2 Å². The van der Waals surface area contributed by atoms with Gasteiger partial charge in [0.1, 0.15) is 5.82 Å². The van der Waals surface area contributed by atoms with Crippen LogP contribution >= 0.6 is 0 Å². The third-order valence-corrected chi connectivity index (χ3v) is 3.85. The molecule has 24 heavy (non-hydrogen) atoms. The number of carbonyl (C=O) groups excluding carboxylic acids is 1. The largest absolute Gasteiger partial charge is 0.352 e. The SMILES string of the molecule is CS(=O)(=O)NCc1cc(C(=O)NCCc2cccc(F)c2)ccn1. The molecule has 0 unspecified atom stereocenters. The zero-order valence-corrected chi connectivity index (χ0v) is 13.9. The number of pyridine rings is 1. The van der Waals surface area contributed by atoms with Crippen LogP contribution in [0.15, 0.2) is 42.6 Å². The van der Waals surface area contributed by atoms with Gasteiger partial charge in [0.05, 0.1) is 18.5 Å². The molecule has 2 aromatic rings. The molecule has 0 aliphatic carbocycles. The Kier molecular flexibility index (Phi) is 5.99. The molecule has 0 fully saturated rings. The van der Waals surface area contributed by atoms with Crippen molar-refractivity contribution < 1.29 is 17.6 Å². The van der Waals surface area contributed by atoms with E-state index < -0.39 is 10.0 Å². The van der Waals surface area contributed by atoms with E-state index in [9.17, 15) is 17.6 Å². The minimum absolute atomic E-state index is 0.0171. The average Bonchev–Trinajstić information content (AvgIpc) is 2.52. The lowest BCUT2D eigenvalue weighted by atomic mass is 10.1. The molecule has 0 aliphatic heterocycles. The van der Waals surface area contributed by atoms with Gasteiger partial charge in [0.15, 0.2) is 0 Å². The summed E-state index contributed by atoms with van der Waals surface area (Å²) in [6.45, 7) is 0.380. The van der Waals surface area contributed by atoms with Gasteiger partial charge >= 0.3 is 0 Å². The van der Waals surface area contributed by atoms with Crippen molar-refractivity contribution >= 4 is 15.9 Å². The quantitative estimate of drug-likeness (QED) is 0.786. The van der Waals surface area contributed by atoms with Crippen LogP contribution in [0.3, 0.4) is 0 Å². The van der Waals surface area contributed by atoms with Crippen molar-refractivity contribution in [1.82, 2.24) is 15.0 Å².